The smallest absolute Gasteiger partial charge is 0.160 e. The van der Waals surface area contributed by atoms with Crippen molar-refractivity contribution in [1.29, 1.82) is 0 Å². The van der Waals surface area contributed by atoms with Crippen molar-refractivity contribution in [3.05, 3.63) is 194 Å². The lowest BCUT2D eigenvalue weighted by Crippen LogP contribution is -1.98. The van der Waals surface area contributed by atoms with Crippen LogP contribution in [0.5, 0.6) is 0 Å². The minimum Gasteiger partial charge on any atom is -0.309 e. The predicted octanol–water partition coefficient (Wildman–Crippen LogP) is 13.6. The Balaban J connectivity index is 0.959. The molecule has 0 bridgehead atoms. The maximum absolute atomic E-state index is 5.28. The van der Waals surface area contributed by atoms with Crippen LogP contribution in [-0.2, 0) is 0 Å². The third-order valence-electron chi connectivity index (χ3n) is 11.5. The first-order chi connectivity index (χ1) is 29.7. The summed E-state index contributed by atoms with van der Waals surface area (Å²) in [5, 5.41) is 5.69. The van der Waals surface area contributed by atoms with Crippen molar-refractivity contribution in [3.63, 3.8) is 0 Å². The van der Waals surface area contributed by atoms with Gasteiger partial charge in [-0.2, -0.15) is 8.75 Å². The number of aromatic nitrogens is 6. The Morgan fingerprint density at radius 1 is 0.367 bits per heavy atom. The van der Waals surface area contributed by atoms with Crippen LogP contribution in [0.1, 0.15) is 0 Å². The van der Waals surface area contributed by atoms with E-state index in [9.17, 15) is 0 Å². The van der Waals surface area contributed by atoms with Gasteiger partial charge in [-0.1, -0.05) is 146 Å². The van der Waals surface area contributed by atoms with Gasteiger partial charge in [-0.15, -0.1) is 0 Å². The van der Waals surface area contributed by atoms with Crippen molar-refractivity contribution in [2.45, 2.75) is 0 Å². The third kappa shape index (κ3) is 5.67. The van der Waals surface area contributed by atoms with Crippen LogP contribution in [0.2, 0.25) is 0 Å². The van der Waals surface area contributed by atoms with E-state index in [1.54, 1.807) is 0 Å². The molecule has 0 saturated carbocycles. The van der Waals surface area contributed by atoms with Gasteiger partial charge in [0.25, 0.3) is 0 Å². The molecule has 12 rings (SSSR count). The van der Waals surface area contributed by atoms with Crippen LogP contribution in [0.3, 0.4) is 0 Å². The zero-order valence-electron chi connectivity index (χ0n) is 32.1. The number of hydrogen-bond donors (Lipinski definition) is 0. The molecule has 0 amide bonds. The van der Waals surface area contributed by atoms with Crippen LogP contribution in [0.15, 0.2) is 194 Å². The summed E-state index contributed by atoms with van der Waals surface area (Å²) in [6, 6.07) is 67.9. The van der Waals surface area contributed by atoms with E-state index < -0.39 is 0 Å². The highest BCUT2D eigenvalue weighted by molar-refractivity contribution is 7.00. The van der Waals surface area contributed by atoms with Crippen molar-refractivity contribution in [2.75, 3.05) is 0 Å². The Morgan fingerprint density at radius 3 is 1.73 bits per heavy atom. The summed E-state index contributed by atoms with van der Waals surface area (Å²) in [4.78, 5) is 15.6. The molecule has 0 saturated heterocycles. The summed E-state index contributed by atoms with van der Waals surface area (Å²) in [6.45, 7) is 0. The molecule has 0 N–H and O–H groups in total. The summed E-state index contributed by atoms with van der Waals surface area (Å²) in [6.07, 6.45) is 0. The van der Waals surface area contributed by atoms with E-state index in [0.717, 1.165) is 88.9 Å². The van der Waals surface area contributed by atoms with Crippen molar-refractivity contribution < 1.29 is 0 Å². The Labute approximate surface area is 349 Å². The quantitative estimate of drug-likeness (QED) is 0.157. The molecule has 6 nitrogen and oxygen atoms in total. The van der Waals surface area contributed by atoms with Gasteiger partial charge < -0.3 is 4.57 Å². The van der Waals surface area contributed by atoms with E-state index in [-0.39, 0.29) is 0 Å². The van der Waals surface area contributed by atoms with Crippen LogP contribution in [0.25, 0.3) is 116 Å². The molecule has 0 fully saturated rings. The van der Waals surface area contributed by atoms with Crippen LogP contribution >= 0.6 is 11.7 Å². The zero-order chi connectivity index (χ0) is 39.6. The normalized spacial score (nSPS) is 11.7. The summed E-state index contributed by atoms with van der Waals surface area (Å²) in [7, 11) is 0. The first kappa shape index (κ1) is 34.2. The molecule has 60 heavy (non-hydrogen) atoms. The lowest BCUT2D eigenvalue weighted by molar-refractivity contribution is 1.16. The number of benzene rings is 8. The summed E-state index contributed by atoms with van der Waals surface area (Å²) >= 11 is 1.25. The van der Waals surface area contributed by atoms with E-state index in [1.165, 1.54) is 33.5 Å². The largest absolute Gasteiger partial charge is 0.309 e. The van der Waals surface area contributed by atoms with E-state index in [2.05, 4.69) is 173 Å². The van der Waals surface area contributed by atoms with Crippen LogP contribution in [0.4, 0.5) is 0 Å². The van der Waals surface area contributed by atoms with Crippen LogP contribution < -0.4 is 0 Å². The van der Waals surface area contributed by atoms with Crippen molar-refractivity contribution in [1.82, 2.24) is 28.3 Å². The number of pyridine rings is 1. The number of para-hydroxylation sites is 2. The molecule has 0 spiro atoms. The van der Waals surface area contributed by atoms with E-state index in [0.29, 0.717) is 5.82 Å². The molecule has 0 aliphatic heterocycles. The minimum absolute atomic E-state index is 0.681. The zero-order valence-corrected chi connectivity index (χ0v) is 32.9. The monoisotopic (exact) mass is 784 g/mol. The van der Waals surface area contributed by atoms with Crippen molar-refractivity contribution in [2.24, 2.45) is 0 Å². The fourth-order valence-electron chi connectivity index (χ4n) is 8.63. The van der Waals surface area contributed by atoms with E-state index in [4.69, 9.17) is 19.3 Å². The maximum atomic E-state index is 5.28. The van der Waals surface area contributed by atoms with Gasteiger partial charge >= 0.3 is 0 Å². The molecule has 280 valence electrons. The molecule has 0 atom stereocenters. The average Bonchev–Trinajstić information content (AvgIpc) is 3.95. The van der Waals surface area contributed by atoms with Gasteiger partial charge in [-0.3, -0.25) is 0 Å². The Hall–Kier alpha value is -7.87. The molecule has 0 unspecified atom stereocenters. The lowest BCUT2D eigenvalue weighted by atomic mass is 9.96. The summed E-state index contributed by atoms with van der Waals surface area (Å²) in [5.74, 6) is 0.681. The SMILES string of the molecule is c1ccc(-c2nc(-c3ccc(-c4ccc5c(c4)nc(-c4ccccc4)c4ccc6nsnc6c45)cc3)cc(-c3cccc(-n4c5ccccc5c5ccccc54)c3)n2)cc1. The van der Waals surface area contributed by atoms with Crippen molar-refractivity contribution in [3.8, 4) is 62.0 Å². The highest BCUT2D eigenvalue weighted by atomic mass is 32.1. The summed E-state index contributed by atoms with van der Waals surface area (Å²) < 4.78 is 11.6. The second kappa shape index (κ2) is 13.9. The van der Waals surface area contributed by atoms with Gasteiger partial charge in [-0.25, -0.2) is 15.0 Å². The Morgan fingerprint density at radius 2 is 0.983 bits per heavy atom. The first-order valence-corrected chi connectivity index (χ1v) is 20.6. The van der Waals surface area contributed by atoms with E-state index >= 15 is 0 Å². The fraction of sp³-hybridized carbons (Fsp3) is 0. The lowest BCUT2D eigenvalue weighted by Gasteiger charge is -2.13. The highest BCUT2D eigenvalue weighted by Crippen LogP contribution is 2.39. The minimum atomic E-state index is 0.681. The summed E-state index contributed by atoms with van der Waals surface area (Å²) in [5.41, 5.74) is 15.0. The van der Waals surface area contributed by atoms with Gasteiger partial charge in [-0.05, 0) is 59.7 Å². The molecular formula is C53H32N6S. The molecule has 8 aromatic carbocycles. The number of hydrogen-bond acceptors (Lipinski definition) is 6. The average molecular weight is 785 g/mol. The molecule has 12 aromatic rings. The number of rotatable bonds is 6. The van der Waals surface area contributed by atoms with E-state index in [1.807, 2.05) is 30.3 Å². The van der Waals surface area contributed by atoms with Crippen LogP contribution in [-0.4, -0.2) is 28.3 Å². The molecule has 7 heteroatoms. The van der Waals surface area contributed by atoms with Crippen molar-refractivity contribution >= 4 is 66.2 Å². The van der Waals surface area contributed by atoms with Crippen LogP contribution in [0, 0.1) is 0 Å². The van der Waals surface area contributed by atoms with Gasteiger partial charge in [0.05, 0.1) is 45.4 Å². The highest BCUT2D eigenvalue weighted by Gasteiger charge is 2.18. The number of nitrogens with zero attached hydrogens (tertiary/aromatic N) is 6. The second-order valence-corrected chi connectivity index (χ2v) is 15.5. The molecule has 4 aromatic heterocycles. The van der Waals surface area contributed by atoms with Gasteiger partial charge in [0.15, 0.2) is 5.82 Å². The molecular weight excluding hydrogens is 753 g/mol. The standard InChI is InChI=1S/C53H32N6S/c1-3-12-35(13-4-1)51-43-28-29-44-52(58-60-57-44)50(43)42-27-26-37(31-47(42)54-51)33-22-24-34(25-23-33)45-32-46(56-53(55-45)36-14-5-2-6-15-36)38-16-11-17-39(30-38)59-48-20-9-7-18-40(48)41-19-8-10-21-49(41)59/h1-32H. The molecule has 0 aliphatic rings. The first-order valence-electron chi connectivity index (χ1n) is 19.9. The Bertz CT molecular complexity index is 3540. The van der Waals surface area contributed by atoms with Gasteiger partial charge in [0.1, 0.15) is 11.0 Å². The maximum Gasteiger partial charge on any atom is 0.160 e. The third-order valence-corrected chi connectivity index (χ3v) is 12.0. The number of fused-ring (bicyclic) bond motifs is 8. The van der Waals surface area contributed by atoms with Gasteiger partial charge in [0.2, 0.25) is 0 Å². The second-order valence-electron chi connectivity index (χ2n) is 15.0. The molecule has 0 aliphatic carbocycles. The van der Waals surface area contributed by atoms with Gasteiger partial charge in [0, 0.05) is 54.9 Å². The topological polar surface area (TPSA) is 69.4 Å². The Kier molecular flexibility index (Phi) is 7.92. The predicted molar refractivity (Wildman–Crippen MR) is 247 cm³/mol. The fourth-order valence-corrected chi connectivity index (χ4v) is 9.17. The molecule has 4 heterocycles. The molecule has 0 radical (unpaired) electrons.